The highest BCUT2D eigenvalue weighted by Crippen LogP contribution is 2.18. The van der Waals surface area contributed by atoms with Crippen LogP contribution in [-0.2, 0) is 6.54 Å². The minimum absolute atomic E-state index is 0.996. The number of benzene rings is 2. The van der Waals surface area contributed by atoms with Gasteiger partial charge in [-0.15, -0.1) is 0 Å². The van der Waals surface area contributed by atoms with Crippen molar-refractivity contribution in [1.29, 1.82) is 0 Å². The fraction of sp³-hybridized carbons (Fsp3) is 0.400. The highest BCUT2D eigenvalue weighted by molar-refractivity contribution is 5.46. The van der Waals surface area contributed by atoms with Crippen LogP contribution in [0.3, 0.4) is 0 Å². The summed E-state index contributed by atoms with van der Waals surface area (Å²) >= 11 is 0. The fourth-order valence-electron chi connectivity index (χ4n) is 2.58. The molecule has 1 nitrogen and oxygen atoms in total. The van der Waals surface area contributed by atoms with Crippen molar-refractivity contribution in [2.75, 3.05) is 11.4 Å². The van der Waals surface area contributed by atoms with Gasteiger partial charge in [-0.1, -0.05) is 74.2 Å². The van der Waals surface area contributed by atoms with Gasteiger partial charge in [-0.05, 0) is 31.0 Å². The Morgan fingerprint density at radius 2 is 1.52 bits per heavy atom. The molecule has 0 fully saturated rings. The number of para-hydroxylation sites is 1. The van der Waals surface area contributed by atoms with Gasteiger partial charge in [-0.25, -0.2) is 0 Å². The molecule has 1 heteroatoms. The Balaban J connectivity index is 2.02. The summed E-state index contributed by atoms with van der Waals surface area (Å²) in [5, 5.41) is 0. The molecule has 0 aliphatic heterocycles. The van der Waals surface area contributed by atoms with E-state index >= 15 is 0 Å². The predicted molar refractivity (Wildman–Crippen MR) is 92.8 cm³/mol. The van der Waals surface area contributed by atoms with Crippen molar-refractivity contribution in [3.8, 4) is 0 Å². The van der Waals surface area contributed by atoms with E-state index in [2.05, 4.69) is 73.3 Å². The molecule has 112 valence electrons. The number of hydrogen-bond donors (Lipinski definition) is 0. The molecule has 0 aromatic heterocycles. The third kappa shape index (κ3) is 5.26. The Morgan fingerprint density at radius 3 is 2.19 bits per heavy atom. The van der Waals surface area contributed by atoms with Crippen LogP contribution in [0.5, 0.6) is 0 Å². The van der Waals surface area contributed by atoms with E-state index in [4.69, 9.17) is 0 Å². The first kappa shape index (κ1) is 15.6. The number of unbranched alkanes of at least 4 members (excludes halogenated alkanes) is 3. The van der Waals surface area contributed by atoms with E-state index in [1.807, 2.05) is 0 Å². The van der Waals surface area contributed by atoms with Gasteiger partial charge in [-0.2, -0.15) is 0 Å². The quantitative estimate of drug-likeness (QED) is 0.571. The maximum atomic E-state index is 2.50. The Bertz CT molecular complexity index is 501. The standard InChI is InChI=1S/C20H27N/c1-3-4-5-9-16-21(20-10-7-6-8-11-20)17-19-14-12-18(2)13-15-19/h6-8,10-15H,3-5,9,16-17H2,1-2H3. The minimum atomic E-state index is 0.996. The molecule has 2 aromatic rings. The average molecular weight is 281 g/mol. The van der Waals surface area contributed by atoms with Crippen molar-refractivity contribution >= 4 is 5.69 Å². The van der Waals surface area contributed by atoms with Gasteiger partial charge in [0.05, 0.1) is 0 Å². The maximum absolute atomic E-state index is 2.50. The first-order valence-electron chi connectivity index (χ1n) is 8.15. The largest absolute Gasteiger partial charge is 0.367 e. The molecule has 0 aliphatic rings. The summed E-state index contributed by atoms with van der Waals surface area (Å²) in [7, 11) is 0. The number of anilines is 1. The molecule has 0 aliphatic carbocycles. The van der Waals surface area contributed by atoms with E-state index in [9.17, 15) is 0 Å². The second kappa shape index (κ2) is 8.51. The van der Waals surface area contributed by atoms with Gasteiger partial charge >= 0.3 is 0 Å². The minimum Gasteiger partial charge on any atom is -0.367 e. The lowest BCUT2D eigenvalue weighted by Crippen LogP contribution is -2.23. The van der Waals surface area contributed by atoms with Crippen LogP contribution in [0.2, 0.25) is 0 Å². The van der Waals surface area contributed by atoms with Gasteiger partial charge in [0, 0.05) is 18.8 Å². The summed E-state index contributed by atoms with van der Waals surface area (Å²) < 4.78 is 0. The molecule has 0 saturated heterocycles. The predicted octanol–water partition coefficient (Wildman–Crippen LogP) is 5.58. The van der Waals surface area contributed by atoms with Gasteiger partial charge in [0.25, 0.3) is 0 Å². The fourth-order valence-corrected chi connectivity index (χ4v) is 2.58. The Kier molecular flexibility index (Phi) is 6.33. The number of hydrogen-bond acceptors (Lipinski definition) is 1. The molecule has 2 rings (SSSR count). The summed E-state index contributed by atoms with van der Waals surface area (Å²) in [6.07, 6.45) is 5.23. The van der Waals surface area contributed by atoms with E-state index < -0.39 is 0 Å². The Hall–Kier alpha value is -1.76. The van der Waals surface area contributed by atoms with E-state index in [0.717, 1.165) is 13.1 Å². The van der Waals surface area contributed by atoms with Crippen LogP contribution in [0.15, 0.2) is 54.6 Å². The molecular weight excluding hydrogens is 254 g/mol. The van der Waals surface area contributed by atoms with Crippen molar-refractivity contribution in [1.82, 2.24) is 0 Å². The van der Waals surface area contributed by atoms with Gasteiger partial charge in [0.2, 0.25) is 0 Å². The highest BCUT2D eigenvalue weighted by Gasteiger charge is 2.06. The lowest BCUT2D eigenvalue weighted by molar-refractivity contribution is 0.642. The molecule has 2 aromatic carbocycles. The van der Waals surface area contributed by atoms with Crippen LogP contribution in [0.4, 0.5) is 5.69 Å². The molecular formula is C20H27N. The van der Waals surface area contributed by atoms with Gasteiger partial charge in [-0.3, -0.25) is 0 Å². The molecule has 21 heavy (non-hydrogen) atoms. The molecule has 0 N–H and O–H groups in total. The van der Waals surface area contributed by atoms with Crippen LogP contribution >= 0.6 is 0 Å². The van der Waals surface area contributed by atoms with Gasteiger partial charge in [0.1, 0.15) is 0 Å². The second-order valence-electron chi connectivity index (χ2n) is 5.80. The molecule has 0 spiro atoms. The zero-order valence-corrected chi connectivity index (χ0v) is 13.4. The average Bonchev–Trinajstić information content (AvgIpc) is 2.53. The SMILES string of the molecule is CCCCCCN(Cc1ccc(C)cc1)c1ccccc1. The van der Waals surface area contributed by atoms with Crippen molar-refractivity contribution in [3.05, 3.63) is 65.7 Å². The zero-order chi connectivity index (χ0) is 14.9. The molecule has 0 unspecified atom stereocenters. The lowest BCUT2D eigenvalue weighted by Gasteiger charge is -2.25. The summed E-state index contributed by atoms with van der Waals surface area (Å²) in [5.41, 5.74) is 4.04. The first-order valence-corrected chi connectivity index (χ1v) is 8.15. The van der Waals surface area contributed by atoms with Crippen molar-refractivity contribution in [3.63, 3.8) is 0 Å². The Morgan fingerprint density at radius 1 is 0.810 bits per heavy atom. The van der Waals surface area contributed by atoms with Crippen molar-refractivity contribution < 1.29 is 0 Å². The normalized spacial score (nSPS) is 10.6. The van der Waals surface area contributed by atoms with E-state index in [1.54, 1.807) is 0 Å². The summed E-state index contributed by atoms with van der Waals surface area (Å²) in [5.74, 6) is 0. The first-order chi connectivity index (χ1) is 10.3. The van der Waals surface area contributed by atoms with E-state index in [0.29, 0.717) is 0 Å². The van der Waals surface area contributed by atoms with E-state index in [1.165, 1.54) is 42.5 Å². The zero-order valence-electron chi connectivity index (χ0n) is 13.4. The third-order valence-electron chi connectivity index (χ3n) is 3.90. The summed E-state index contributed by atoms with van der Waals surface area (Å²) in [6, 6.07) is 19.7. The number of rotatable bonds is 8. The Labute approximate surface area is 129 Å². The van der Waals surface area contributed by atoms with Crippen molar-refractivity contribution in [2.45, 2.75) is 46.1 Å². The molecule has 0 amide bonds. The van der Waals surface area contributed by atoms with Crippen LogP contribution in [0, 0.1) is 6.92 Å². The van der Waals surface area contributed by atoms with Crippen LogP contribution in [-0.4, -0.2) is 6.54 Å². The molecule has 0 radical (unpaired) electrons. The second-order valence-corrected chi connectivity index (χ2v) is 5.80. The van der Waals surface area contributed by atoms with Gasteiger partial charge in [0.15, 0.2) is 0 Å². The lowest BCUT2D eigenvalue weighted by atomic mass is 10.1. The molecule has 0 bridgehead atoms. The smallest absolute Gasteiger partial charge is 0.0429 e. The number of aryl methyl sites for hydroxylation is 1. The monoisotopic (exact) mass is 281 g/mol. The summed E-state index contributed by atoms with van der Waals surface area (Å²) in [6.45, 7) is 6.54. The molecule has 0 saturated carbocycles. The van der Waals surface area contributed by atoms with Gasteiger partial charge < -0.3 is 4.90 Å². The van der Waals surface area contributed by atoms with Crippen molar-refractivity contribution in [2.24, 2.45) is 0 Å². The number of nitrogens with zero attached hydrogens (tertiary/aromatic N) is 1. The van der Waals surface area contributed by atoms with Crippen LogP contribution in [0.25, 0.3) is 0 Å². The topological polar surface area (TPSA) is 3.24 Å². The molecule has 0 heterocycles. The maximum Gasteiger partial charge on any atom is 0.0429 e. The van der Waals surface area contributed by atoms with Crippen LogP contribution < -0.4 is 4.90 Å². The third-order valence-corrected chi connectivity index (χ3v) is 3.90. The van der Waals surface area contributed by atoms with E-state index in [-0.39, 0.29) is 0 Å². The van der Waals surface area contributed by atoms with Crippen LogP contribution in [0.1, 0.15) is 43.7 Å². The molecule has 0 atom stereocenters. The highest BCUT2D eigenvalue weighted by atomic mass is 15.1. The summed E-state index contributed by atoms with van der Waals surface area (Å²) in [4.78, 5) is 2.50.